The minimum absolute atomic E-state index is 0.241. The number of rotatable bonds is 2. The highest BCUT2D eigenvalue weighted by Crippen LogP contribution is 2.30. The quantitative estimate of drug-likeness (QED) is 0.782. The molecule has 24 heavy (non-hydrogen) atoms. The van der Waals surface area contributed by atoms with Crippen LogP contribution in [0.4, 0.5) is 5.82 Å². The van der Waals surface area contributed by atoms with Gasteiger partial charge in [0.1, 0.15) is 11.9 Å². The van der Waals surface area contributed by atoms with Crippen LogP contribution in [0.25, 0.3) is 0 Å². The first-order chi connectivity index (χ1) is 11.9. The van der Waals surface area contributed by atoms with Gasteiger partial charge < -0.3 is 5.32 Å². The summed E-state index contributed by atoms with van der Waals surface area (Å²) < 4.78 is 0. The highest BCUT2D eigenvalue weighted by Gasteiger charge is 2.25. The Bertz CT molecular complexity index is 900. The van der Waals surface area contributed by atoms with Gasteiger partial charge in [0, 0.05) is 36.8 Å². The standard InChI is InChI=1S/C18H15N5S/c1-19-18-15(12-5-2-8-20-11-12)22-16(14-7-4-10-24-14)13-6-3-9-21-17(13)23-18/h2-11,15H,1H3,(H,19,21,23). The van der Waals surface area contributed by atoms with Crippen LogP contribution in [0.5, 0.6) is 0 Å². The number of pyridine rings is 2. The topological polar surface area (TPSA) is 62.5 Å². The normalized spacial score (nSPS) is 16.6. The summed E-state index contributed by atoms with van der Waals surface area (Å²) in [4.78, 5) is 19.5. The zero-order valence-electron chi connectivity index (χ0n) is 13.0. The van der Waals surface area contributed by atoms with Gasteiger partial charge in [-0.1, -0.05) is 12.1 Å². The van der Waals surface area contributed by atoms with Crippen molar-refractivity contribution < 1.29 is 0 Å². The molecular weight excluding hydrogens is 318 g/mol. The second-order valence-electron chi connectivity index (χ2n) is 5.27. The molecule has 0 saturated heterocycles. The van der Waals surface area contributed by atoms with Crippen molar-refractivity contribution in [3.05, 3.63) is 76.4 Å². The fraction of sp³-hybridized carbons (Fsp3) is 0.111. The zero-order valence-corrected chi connectivity index (χ0v) is 13.9. The summed E-state index contributed by atoms with van der Waals surface area (Å²) >= 11 is 1.66. The molecule has 0 spiro atoms. The van der Waals surface area contributed by atoms with Gasteiger partial charge >= 0.3 is 0 Å². The summed E-state index contributed by atoms with van der Waals surface area (Å²) in [5.74, 6) is 1.44. The van der Waals surface area contributed by atoms with Gasteiger partial charge in [-0.3, -0.25) is 9.98 Å². The number of nitrogens with one attached hydrogen (secondary N) is 1. The van der Waals surface area contributed by atoms with Crippen molar-refractivity contribution in [2.45, 2.75) is 6.04 Å². The Morgan fingerprint density at radius 3 is 2.75 bits per heavy atom. The number of aromatic nitrogens is 2. The van der Waals surface area contributed by atoms with Crippen LogP contribution in [-0.4, -0.2) is 28.6 Å². The smallest absolute Gasteiger partial charge is 0.163 e. The second kappa shape index (κ2) is 6.33. The maximum atomic E-state index is 5.04. The molecule has 0 saturated carbocycles. The van der Waals surface area contributed by atoms with Gasteiger partial charge in [-0.05, 0) is 29.6 Å². The predicted octanol–water partition coefficient (Wildman–Crippen LogP) is 3.38. The number of hydrogen-bond donors (Lipinski definition) is 1. The van der Waals surface area contributed by atoms with E-state index in [-0.39, 0.29) is 6.04 Å². The third kappa shape index (κ3) is 2.61. The summed E-state index contributed by atoms with van der Waals surface area (Å²) in [6, 6.07) is 11.7. The highest BCUT2D eigenvalue weighted by atomic mass is 32.1. The average Bonchev–Trinajstić information content (AvgIpc) is 3.11. The first kappa shape index (κ1) is 14.7. The number of amidine groups is 1. The molecule has 118 valence electrons. The van der Waals surface area contributed by atoms with Crippen LogP contribution >= 0.6 is 11.3 Å². The zero-order chi connectivity index (χ0) is 16.4. The molecule has 1 unspecified atom stereocenters. The Morgan fingerprint density at radius 2 is 2.00 bits per heavy atom. The molecule has 3 aromatic heterocycles. The van der Waals surface area contributed by atoms with Gasteiger partial charge in [-0.25, -0.2) is 9.98 Å². The lowest BCUT2D eigenvalue weighted by molar-refractivity contribution is 0.900. The lowest BCUT2D eigenvalue weighted by atomic mass is 10.1. The lowest BCUT2D eigenvalue weighted by Crippen LogP contribution is -2.25. The number of fused-ring (bicyclic) bond motifs is 1. The number of thiophene rings is 1. The van der Waals surface area contributed by atoms with Crippen molar-refractivity contribution in [2.24, 2.45) is 9.98 Å². The van der Waals surface area contributed by atoms with E-state index < -0.39 is 0 Å². The molecule has 0 amide bonds. The minimum Gasteiger partial charge on any atom is -0.374 e. The Balaban J connectivity index is 1.96. The molecule has 1 aliphatic rings. The summed E-state index contributed by atoms with van der Waals surface area (Å²) in [6.07, 6.45) is 5.35. The number of likely N-dealkylation sites (N-methyl/N-ethyl adjacent to an activating group) is 1. The molecule has 6 heteroatoms. The van der Waals surface area contributed by atoms with Crippen molar-refractivity contribution in [2.75, 3.05) is 7.05 Å². The summed E-state index contributed by atoms with van der Waals surface area (Å²) in [7, 11) is 1.86. The van der Waals surface area contributed by atoms with Crippen LogP contribution in [0.15, 0.2) is 70.4 Å². The van der Waals surface area contributed by atoms with E-state index in [9.17, 15) is 0 Å². The number of nitrogens with zero attached hydrogens (tertiary/aromatic N) is 4. The molecule has 4 rings (SSSR count). The highest BCUT2D eigenvalue weighted by molar-refractivity contribution is 7.12. The van der Waals surface area contributed by atoms with Gasteiger partial charge in [0.25, 0.3) is 0 Å². The third-order valence-corrected chi connectivity index (χ3v) is 4.67. The van der Waals surface area contributed by atoms with Crippen molar-refractivity contribution in [1.29, 1.82) is 0 Å². The van der Waals surface area contributed by atoms with Gasteiger partial charge in [0.2, 0.25) is 0 Å². The molecule has 0 aliphatic carbocycles. The van der Waals surface area contributed by atoms with E-state index in [1.54, 1.807) is 23.7 Å². The molecule has 0 fully saturated rings. The van der Waals surface area contributed by atoms with Crippen molar-refractivity contribution in [1.82, 2.24) is 15.3 Å². The SMILES string of the molecule is CNC1=Nc2ncccc2C(c2cccs2)=NC1c1cccnc1. The molecule has 4 heterocycles. The van der Waals surface area contributed by atoms with Gasteiger partial charge in [0.15, 0.2) is 5.82 Å². The van der Waals surface area contributed by atoms with Crippen molar-refractivity contribution in [3.63, 3.8) is 0 Å². The van der Waals surface area contributed by atoms with Crippen molar-refractivity contribution >= 4 is 28.7 Å². The Morgan fingerprint density at radius 1 is 1.08 bits per heavy atom. The molecule has 5 nitrogen and oxygen atoms in total. The first-order valence-corrected chi connectivity index (χ1v) is 8.48. The van der Waals surface area contributed by atoms with E-state index in [1.807, 2.05) is 43.6 Å². The Hall–Kier alpha value is -2.86. The monoisotopic (exact) mass is 333 g/mol. The molecule has 1 N–H and O–H groups in total. The lowest BCUT2D eigenvalue weighted by Gasteiger charge is -2.14. The largest absolute Gasteiger partial charge is 0.374 e. The summed E-state index contributed by atoms with van der Waals surface area (Å²) in [6.45, 7) is 0. The Labute approximate surface area is 143 Å². The van der Waals surface area contributed by atoms with E-state index in [2.05, 4.69) is 26.7 Å². The molecule has 1 aliphatic heterocycles. The van der Waals surface area contributed by atoms with Crippen molar-refractivity contribution in [3.8, 4) is 0 Å². The first-order valence-electron chi connectivity index (χ1n) is 7.60. The maximum absolute atomic E-state index is 5.04. The van der Waals surface area contributed by atoms with Crippen LogP contribution in [0.3, 0.4) is 0 Å². The van der Waals surface area contributed by atoms with Crippen LogP contribution in [0.1, 0.15) is 22.0 Å². The minimum atomic E-state index is -0.241. The average molecular weight is 333 g/mol. The maximum Gasteiger partial charge on any atom is 0.163 e. The van der Waals surface area contributed by atoms with E-state index in [0.29, 0.717) is 5.82 Å². The number of hydrogen-bond acceptors (Lipinski definition) is 6. The molecular formula is C18H15N5S. The van der Waals surface area contributed by atoms with Crippen LogP contribution in [-0.2, 0) is 0 Å². The van der Waals surface area contributed by atoms with E-state index in [4.69, 9.17) is 9.98 Å². The van der Waals surface area contributed by atoms with Crippen LogP contribution in [0.2, 0.25) is 0 Å². The summed E-state index contributed by atoms with van der Waals surface area (Å²) in [5.41, 5.74) is 2.85. The predicted molar refractivity (Wildman–Crippen MR) is 97.3 cm³/mol. The van der Waals surface area contributed by atoms with E-state index in [1.165, 1.54) is 0 Å². The molecule has 0 bridgehead atoms. The van der Waals surface area contributed by atoms with Gasteiger partial charge in [-0.15, -0.1) is 11.3 Å². The third-order valence-electron chi connectivity index (χ3n) is 3.80. The molecule has 1 atom stereocenters. The molecule has 0 radical (unpaired) electrons. The molecule has 0 aromatic carbocycles. The fourth-order valence-corrected chi connectivity index (χ4v) is 3.41. The fourth-order valence-electron chi connectivity index (χ4n) is 2.68. The van der Waals surface area contributed by atoms with Crippen LogP contribution in [0, 0.1) is 0 Å². The van der Waals surface area contributed by atoms with Gasteiger partial charge in [0.05, 0.1) is 10.6 Å². The second-order valence-corrected chi connectivity index (χ2v) is 6.21. The van der Waals surface area contributed by atoms with Crippen LogP contribution < -0.4 is 5.32 Å². The number of aliphatic imine (C=N–C) groups is 2. The summed E-state index contributed by atoms with van der Waals surface area (Å²) in [5, 5.41) is 5.23. The Kier molecular flexibility index (Phi) is 3.88. The van der Waals surface area contributed by atoms with Gasteiger partial charge in [-0.2, -0.15) is 0 Å². The molecule has 3 aromatic rings. The van der Waals surface area contributed by atoms with E-state index >= 15 is 0 Å². The van der Waals surface area contributed by atoms with E-state index in [0.717, 1.165) is 27.6 Å².